The van der Waals surface area contributed by atoms with E-state index < -0.39 is 0 Å². The molecular formula is C11H22O3. The normalized spacial score (nSPS) is 11.4. The Bertz CT molecular complexity index is 164. The number of hydrogen-bond acceptors (Lipinski definition) is 3. The number of carbonyl (C=O) groups excluding carboxylic acids is 1. The zero-order chi connectivity index (χ0) is 11.0. The van der Waals surface area contributed by atoms with Crippen molar-refractivity contribution in [3.63, 3.8) is 0 Å². The molecule has 0 aliphatic carbocycles. The molecule has 0 aromatic rings. The Labute approximate surface area is 86.7 Å². The summed E-state index contributed by atoms with van der Waals surface area (Å²) in [5.74, 6) is -0.312. The van der Waals surface area contributed by atoms with Crippen LogP contribution in [0.1, 0.15) is 59.8 Å². The van der Waals surface area contributed by atoms with Gasteiger partial charge in [-0.25, -0.2) is 4.79 Å². The van der Waals surface area contributed by atoms with Gasteiger partial charge in [0.15, 0.2) is 0 Å². The van der Waals surface area contributed by atoms with Gasteiger partial charge in [0, 0.05) is 6.42 Å². The number of rotatable bonds is 7. The first kappa shape index (κ1) is 13.4. The van der Waals surface area contributed by atoms with Crippen LogP contribution >= 0.6 is 0 Å². The average molecular weight is 202 g/mol. The van der Waals surface area contributed by atoms with Crippen molar-refractivity contribution in [2.75, 3.05) is 0 Å². The highest BCUT2D eigenvalue weighted by molar-refractivity contribution is 5.68. The Hall–Kier alpha value is -0.570. The van der Waals surface area contributed by atoms with Crippen LogP contribution in [0.3, 0.4) is 0 Å². The number of hydrogen-bond donors (Lipinski definition) is 0. The third-order valence-electron chi connectivity index (χ3n) is 2.03. The Kier molecular flexibility index (Phi) is 6.54. The van der Waals surface area contributed by atoms with Crippen molar-refractivity contribution >= 4 is 5.97 Å². The highest BCUT2D eigenvalue weighted by atomic mass is 17.2. The van der Waals surface area contributed by atoms with Crippen molar-refractivity contribution in [2.45, 2.75) is 65.4 Å². The maximum atomic E-state index is 10.8. The molecule has 0 aliphatic rings. The molecule has 0 saturated carbocycles. The van der Waals surface area contributed by atoms with Gasteiger partial charge in [0.25, 0.3) is 0 Å². The van der Waals surface area contributed by atoms with Crippen LogP contribution < -0.4 is 0 Å². The molecule has 0 atom stereocenters. The topological polar surface area (TPSA) is 35.5 Å². The highest BCUT2D eigenvalue weighted by Crippen LogP contribution is 2.18. The molecule has 0 bridgehead atoms. The van der Waals surface area contributed by atoms with Gasteiger partial charge in [0.05, 0.1) is 0 Å². The molecule has 0 rings (SSSR count). The lowest BCUT2D eigenvalue weighted by Gasteiger charge is -2.22. The van der Waals surface area contributed by atoms with Crippen LogP contribution in [0, 0.1) is 0 Å². The van der Waals surface area contributed by atoms with Crippen LogP contribution in [0.4, 0.5) is 0 Å². The molecule has 0 aromatic carbocycles. The summed E-state index contributed by atoms with van der Waals surface area (Å²) in [4.78, 5) is 20.6. The van der Waals surface area contributed by atoms with E-state index in [-0.39, 0.29) is 11.6 Å². The van der Waals surface area contributed by atoms with E-state index >= 15 is 0 Å². The lowest BCUT2D eigenvalue weighted by Crippen LogP contribution is -2.26. The maximum absolute atomic E-state index is 10.8. The molecule has 0 aliphatic heterocycles. The third kappa shape index (κ3) is 6.89. The lowest BCUT2D eigenvalue weighted by atomic mass is 10.0. The largest absolute Gasteiger partial charge is 0.342 e. The maximum Gasteiger partial charge on any atom is 0.342 e. The minimum atomic E-state index is -0.361. The Balaban J connectivity index is 3.65. The van der Waals surface area contributed by atoms with Crippen molar-refractivity contribution in [3.8, 4) is 0 Å². The van der Waals surface area contributed by atoms with Gasteiger partial charge in [-0.3, -0.25) is 4.89 Å². The van der Waals surface area contributed by atoms with E-state index in [1.807, 2.05) is 13.8 Å². The third-order valence-corrected chi connectivity index (χ3v) is 2.03. The summed E-state index contributed by atoms with van der Waals surface area (Å²) in [6, 6.07) is 0. The molecule has 0 unspecified atom stereocenters. The van der Waals surface area contributed by atoms with E-state index in [9.17, 15) is 4.79 Å². The molecule has 0 saturated heterocycles. The van der Waals surface area contributed by atoms with Gasteiger partial charge in [-0.1, -0.05) is 33.1 Å². The van der Waals surface area contributed by atoms with Gasteiger partial charge < -0.3 is 0 Å². The SMILES string of the molecule is CCCCCC(C)(C)OOC(=O)CC. The number of carbonyl (C=O) groups is 1. The molecule has 0 N–H and O–H groups in total. The summed E-state index contributed by atoms with van der Waals surface area (Å²) < 4.78 is 0. The van der Waals surface area contributed by atoms with Crippen LogP contribution in [-0.2, 0) is 14.6 Å². The van der Waals surface area contributed by atoms with Gasteiger partial charge in [0.2, 0.25) is 0 Å². The highest BCUT2D eigenvalue weighted by Gasteiger charge is 2.21. The van der Waals surface area contributed by atoms with E-state index in [0.717, 1.165) is 12.8 Å². The zero-order valence-corrected chi connectivity index (χ0v) is 9.76. The van der Waals surface area contributed by atoms with Gasteiger partial charge in [-0.05, 0) is 20.3 Å². The smallest absolute Gasteiger partial charge is 0.298 e. The van der Waals surface area contributed by atoms with Crippen molar-refractivity contribution in [1.82, 2.24) is 0 Å². The summed E-state index contributed by atoms with van der Waals surface area (Å²) in [6.45, 7) is 7.78. The molecule has 0 spiro atoms. The molecule has 14 heavy (non-hydrogen) atoms. The molecule has 3 heteroatoms. The van der Waals surface area contributed by atoms with E-state index in [0.29, 0.717) is 6.42 Å². The van der Waals surface area contributed by atoms with E-state index in [2.05, 4.69) is 11.8 Å². The zero-order valence-electron chi connectivity index (χ0n) is 9.76. The second kappa shape index (κ2) is 6.82. The monoisotopic (exact) mass is 202 g/mol. The predicted molar refractivity (Wildman–Crippen MR) is 55.7 cm³/mol. The Morgan fingerprint density at radius 2 is 1.86 bits per heavy atom. The average Bonchev–Trinajstić information content (AvgIpc) is 2.14. The van der Waals surface area contributed by atoms with Crippen molar-refractivity contribution < 1.29 is 14.6 Å². The first-order valence-electron chi connectivity index (χ1n) is 5.40. The van der Waals surface area contributed by atoms with Crippen LogP contribution in [0.5, 0.6) is 0 Å². The minimum Gasteiger partial charge on any atom is -0.298 e. The Morgan fingerprint density at radius 3 is 2.36 bits per heavy atom. The standard InChI is InChI=1S/C11H22O3/c1-5-7-8-9-11(3,4)14-13-10(12)6-2/h5-9H2,1-4H3. The molecular weight excluding hydrogens is 180 g/mol. The summed E-state index contributed by atoms with van der Waals surface area (Å²) >= 11 is 0. The second-order valence-corrected chi connectivity index (χ2v) is 4.11. The fourth-order valence-electron chi connectivity index (χ4n) is 1.06. The van der Waals surface area contributed by atoms with Crippen LogP contribution in [0.15, 0.2) is 0 Å². The molecule has 0 fully saturated rings. The first-order valence-corrected chi connectivity index (χ1v) is 5.40. The summed E-state index contributed by atoms with van der Waals surface area (Å²) in [5.41, 5.74) is -0.361. The molecule has 0 heterocycles. The van der Waals surface area contributed by atoms with Gasteiger partial charge in [-0.15, -0.1) is 0 Å². The van der Waals surface area contributed by atoms with E-state index in [4.69, 9.17) is 4.89 Å². The fraction of sp³-hybridized carbons (Fsp3) is 0.909. The summed E-state index contributed by atoms with van der Waals surface area (Å²) in [7, 11) is 0. The fourth-order valence-corrected chi connectivity index (χ4v) is 1.06. The lowest BCUT2D eigenvalue weighted by molar-refractivity contribution is -0.326. The molecule has 0 amide bonds. The number of unbranched alkanes of at least 4 members (excludes halogenated alkanes) is 2. The quantitative estimate of drug-likeness (QED) is 0.361. The van der Waals surface area contributed by atoms with Crippen molar-refractivity contribution in [3.05, 3.63) is 0 Å². The Morgan fingerprint density at radius 1 is 1.21 bits per heavy atom. The van der Waals surface area contributed by atoms with Crippen molar-refractivity contribution in [2.24, 2.45) is 0 Å². The first-order chi connectivity index (χ1) is 6.52. The van der Waals surface area contributed by atoms with Crippen LogP contribution in [0.2, 0.25) is 0 Å². The molecule has 3 nitrogen and oxygen atoms in total. The van der Waals surface area contributed by atoms with E-state index in [1.54, 1.807) is 6.92 Å². The summed E-state index contributed by atoms with van der Waals surface area (Å²) in [6.07, 6.45) is 4.75. The van der Waals surface area contributed by atoms with Gasteiger partial charge >= 0.3 is 5.97 Å². The summed E-state index contributed by atoms with van der Waals surface area (Å²) in [5, 5.41) is 0. The van der Waals surface area contributed by atoms with Crippen LogP contribution in [0.25, 0.3) is 0 Å². The molecule has 84 valence electrons. The molecule has 0 aromatic heterocycles. The van der Waals surface area contributed by atoms with Crippen LogP contribution in [-0.4, -0.2) is 11.6 Å². The minimum absolute atomic E-state index is 0.312. The second-order valence-electron chi connectivity index (χ2n) is 4.11. The van der Waals surface area contributed by atoms with E-state index in [1.165, 1.54) is 12.8 Å². The van der Waals surface area contributed by atoms with Gasteiger partial charge in [0.1, 0.15) is 5.60 Å². The van der Waals surface area contributed by atoms with Gasteiger partial charge in [-0.2, -0.15) is 4.89 Å². The van der Waals surface area contributed by atoms with Crippen molar-refractivity contribution in [1.29, 1.82) is 0 Å². The molecule has 0 radical (unpaired) electrons. The predicted octanol–water partition coefficient (Wildman–Crippen LogP) is 3.23.